The van der Waals surface area contributed by atoms with Gasteiger partial charge in [-0.3, -0.25) is 4.79 Å². The summed E-state index contributed by atoms with van der Waals surface area (Å²) >= 11 is 0. The van der Waals surface area contributed by atoms with Gasteiger partial charge in [-0.1, -0.05) is 12.1 Å². The summed E-state index contributed by atoms with van der Waals surface area (Å²) in [6, 6.07) is 4.60. The first kappa shape index (κ1) is 18.3. The third-order valence-electron chi connectivity index (χ3n) is 3.61. The van der Waals surface area contributed by atoms with Crippen LogP contribution in [0, 0.1) is 0 Å². The van der Waals surface area contributed by atoms with Crippen LogP contribution in [0.5, 0.6) is 5.75 Å². The molecule has 0 aromatic heterocycles. The highest BCUT2D eigenvalue weighted by Crippen LogP contribution is 2.30. The maximum Gasteiger partial charge on any atom is 0.547 e. The molecule has 1 aliphatic rings. The van der Waals surface area contributed by atoms with Crippen LogP contribution in [0.2, 0.25) is 0 Å². The van der Waals surface area contributed by atoms with Crippen molar-refractivity contribution >= 4 is 28.8 Å². The minimum absolute atomic E-state index is 0.0122. The van der Waals surface area contributed by atoms with Crippen LogP contribution in [0.4, 0.5) is 0 Å². The van der Waals surface area contributed by atoms with Crippen molar-refractivity contribution in [3.8, 4) is 5.75 Å². The monoisotopic (exact) mass is 355 g/mol. The minimum atomic E-state index is -3.13. The molecule has 0 saturated heterocycles. The van der Waals surface area contributed by atoms with E-state index in [0.717, 1.165) is 6.26 Å². The normalized spacial score (nSPS) is 16.9. The number of hydrogen-bond donors (Lipinski definition) is 3. The molecule has 1 aliphatic heterocycles. The molecule has 0 aliphatic carbocycles. The molecule has 3 N–H and O–H groups in total. The van der Waals surface area contributed by atoms with E-state index in [1.807, 2.05) is 0 Å². The third-order valence-corrected chi connectivity index (χ3v) is 4.65. The Morgan fingerprint density at radius 1 is 1.42 bits per heavy atom. The number of carbonyl (C=O) groups is 2. The van der Waals surface area contributed by atoms with E-state index in [1.54, 1.807) is 12.1 Å². The summed E-state index contributed by atoms with van der Waals surface area (Å²) in [5.74, 6) is -2.28. The molecule has 1 unspecified atom stereocenters. The van der Waals surface area contributed by atoms with Crippen LogP contribution in [-0.2, 0) is 21.1 Å². The number of nitrogens with one attached hydrogen (secondary N) is 1. The summed E-state index contributed by atoms with van der Waals surface area (Å²) in [7, 11) is -4.50. The molecule has 1 heterocycles. The predicted octanol–water partition coefficient (Wildman–Crippen LogP) is -0.351. The van der Waals surface area contributed by atoms with Crippen LogP contribution in [0.3, 0.4) is 0 Å². The summed E-state index contributed by atoms with van der Waals surface area (Å²) in [6.45, 7) is 0. The van der Waals surface area contributed by atoms with Gasteiger partial charge in [0.15, 0.2) is 0 Å². The lowest BCUT2D eigenvalue weighted by Crippen LogP contribution is -2.53. The fourth-order valence-electron chi connectivity index (χ4n) is 2.49. The fourth-order valence-corrected chi connectivity index (χ4v) is 3.16. The largest absolute Gasteiger partial charge is 0.547 e. The molecule has 10 heteroatoms. The van der Waals surface area contributed by atoms with Gasteiger partial charge in [-0.25, -0.2) is 13.2 Å². The maximum absolute atomic E-state index is 11.9. The Hall–Kier alpha value is -2.07. The Bertz CT molecular complexity index is 749. The smallest absolute Gasteiger partial charge is 0.534 e. The number of fused-ring (bicyclic) bond motifs is 1. The molecule has 0 saturated carbocycles. The highest BCUT2D eigenvalue weighted by molar-refractivity contribution is 7.90. The first-order valence-corrected chi connectivity index (χ1v) is 9.40. The van der Waals surface area contributed by atoms with Crippen molar-refractivity contribution in [3.05, 3.63) is 29.3 Å². The van der Waals surface area contributed by atoms with Gasteiger partial charge in [-0.05, 0) is 24.5 Å². The van der Waals surface area contributed by atoms with Crippen molar-refractivity contribution in [1.29, 1.82) is 0 Å². The number of aromatic carboxylic acids is 1. The van der Waals surface area contributed by atoms with Gasteiger partial charge in [0.2, 0.25) is 5.91 Å². The van der Waals surface area contributed by atoms with E-state index in [-0.39, 0.29) is 36.3 Å². The summed E-state index contributed by atoms with van der Waals surface area (Å²) < 4.78 is 27.3. The molecule has 130 valence electrons. The Labute approximate surface area is 139 Å². The van der Waals surface area contributed by atoms with Gasteiger partial charge in [0.1, 0.15) is 15.6 Å². The molecule has 1 amide bonds. The second-order valence-corrected chi connectivity index (χ2v) is 7.98. The lowest BCUT2D eigenvalue weighted by molar-refractivity contribution is -0.121. The average Bonchev–Trinajstić information content (AvgIpc) is 2.46. The summed E-state index contributed by atoms with van der Waals surface area (Å²) in [5.41, 5.74) is 0.520. The zero-order valence-corrected chi connectivity index (χ0v) is 13.9. The van der Waals surface area contributed by atoms with Crippen molar-refractivity contribution in [1.82, 2.24) is 5.32 Å². The number of para-hydroxylation sites is 1. The molecule has 1 aromatic carbocycles. The minimum Gasteiger partial charge on any atom is -0.534 e. The van der Waals surface area contributed by atoms with Crippen LogP contribution in [0.1, 0.15) is 28.8 Å². The topological polar surface area (TPSA) is 130 Å². The molecular weight excluding hydrogens is 337 g/mol. The number of carbonyl (C=O) groups excluding carboxylic acids is 1. The molecule has 0 bridgehead atoms. The quantitative estimate of drug-likeness (QED) is 0.595. The molecule has 2 rings (SSSR count). The van der Waals surface area contributed by atoms with Crippen molar-refractivity contribution in [2.75, 3.05) is 12.0 Å². The average molecular weight is 355 g/mol. The zero-order chi connectivity index (χ0) is 17.9. The molecular formula is C14H18BNO7S. The van der Waals surface area contributed by atoms with Crippen molar-refractivity contribution in [2.45, 2.75) is 25.2 Å². The summed E-state index contributed by atoms with van der Waals surface area (Å²) in [5, 5.41) is 21.7. The number of carboxylic acid groups (broad SMARTS) is 1. The van der Waals surface area contributed by atoms with Gasteiger partial charge in [-0.2, -0.15) is 0 Å². The van der Waals surface area contributed by atoms with Gasteiger partial charge in [0, 0.05) is 12.7 Å². The molecule has 0 fully saturated rings. The second-order valence-electron chi connectivity index (χ2n) is 5.72. The number of rotatable bonds is 6. The molecule has 8 nitrogen and oxygen atoms in total. The standard InChI is InChI=1S/C14H18BNO7S/c1-24(21,22)7-3-6-12(17)16-11-8-9-4-2-5-10(14(18)19)13(9)23-15(11)20/h2,4-5,11,20H,3,6-8H2,1H3,(H,16,17)(H,18,19). The van der Waals surface area contributed by atoms with Gasteiger partial charge < -0.3 is 20.1 Å². The fraction of sp³-hybridized carbons (Fsp3) is 0.429. The van der Waals surface area contributed by atoms with Crippen molar-refractivity contribution in [2.24, 2.45) is 0 Å². The van der Waals surface area contributed by atoms with Gasteiger partial charge >= 0.3 is 13.1 Å². The van der Waals surface area contributed by atoms with E-state index in [0.29, 0.717) is 5.56 Å². The van der Waals surface area contributed by atoms with Crippen LogP contribution in [-0.4, -0.2) is 55.5 Å². The first-order chi connectivity index (χ1) is 11.2. The number of benzene rings is 1. The maximum atomic E-state index is 11.9. The Kier molecular flexibility index (Phi) is 5.50. The highest BCUT2D eigenvalue weighted by Gasteiger charge is 2.37. The third kappa shape index (κ3) is 4.71. The number of carboxylic acids is 1. The van der Waals surface area contributed by atoms with Crippen LogP contribution in [0.25, 0.3) is 0 Å². The SMILES string of the molecule is CS(=O)(=O)CCCC(=O)NC1Cc2cccc(C(=O)O)c2OB1O. The van der Waals surface area contributed by atoms with E-state index in [9.17, 15) is 23.0 Å². The van der Waals surface area contributed by atoms with Gasteiger partial charge in [0.25, 0.3) is 0 Å². The Morgan fingerprint density at radius 3 is 2.75 bits per heavy atom. The Balaban J connectivity index is 2.00. The molecule has 0 spiro atoms. The number of sulfone groups is 1. The molecule has 1 aromatic rings. The first-order valence-electron chi connectivity index (χ1n) is 7.34. The highest BCUT2D eigenvalue weighted by atomic mass is 32.2. The lowest BCUT2D eigenvalue weighted by atomic mass is 9.72. The second kappa shape index (κ2) is 7.22. The summed E-state index contributed by atoms with van der Waals surface area (Å²) in [6.07, 6.45) is 1.52. The molecule has 0 radical (unpaired) electrons. The molecule has 1 atom stereocenters. The van der Waals surface area contributed by atoms with Crippen LogP contribution >= 0.6 is 0 Å². The van der Waals surface area contributed by atoms with Gasteiger partial charge in [-0.15, -0.1) is 0 Å². The van der Waals surface area contributed by atoms with E-state index >= 15 is 0 Å². The van der Waals surface area contributed by atoms with E-state index < -0.39 is 34.8 Å². The molecule has 24 heavy (non-hydrogen) atoms. The van der Waals surface area contributed by atoms with Gasteiger partial charge in [0.05, 0.1) is 17.3 Å². The lowest BCUT2D eigenvalue weighted by Gasteiger charge is -2.28. The van der Waals surface area contributed by atoms with Crippen molar-refractivity contribution in [3.63, 3.8) is 0 Å². The van der Waals surface area contributed by atoms with E-state index in [1.165, 1.54) is 6.07 Å². The Morgan fingerprint density at radius 2 is 2.12 bits per heavy atom. The van der Waals surface area contributed by atoms with Crippen LogP contribution < -0.4 is 9.97 Å². The zero-order valence-electron chi connectivity index (χ0n) is 13.1. The van der Waals surface area contributed by atoms with E-state index in [4.69, 9.17) is 9.76 Å². The van der Waals surface area contributed by atoms with Crippen molar-refractivity contribution < 1.29 is 32.8 Å². The predicted molar refractivity (Wildman–Crippen MR) is 86.6 cm³/mol. The number of amides is 1. The van der Waals surface area contributed by atoms with E-state index in [2.05, 4.69) is 5.32 Å². The number of hydrogen-bond acceptors (Lipinski definition) is 6. The van der Waals surface area contributed by atoms with Crippen LogP contribution in [0.15, 0.2) is 18.2 Å². The summed E-state index contributed by atoms with van der Waals surface area (Å²) in [4.78, 5) is 23.0.